The Morgan fingerprint density at radius 2 is 1.75 bits per heavy atom. The van der Waals surface area contributed by atoms with E-state index in [1.165, 1.54) is 0 Å². The molecule has 0 fully saturated rings. The highest BCUT2D eigenvalue weighted by molar-refractivity contribution is 5.88. The summed E-state index contributed by atoms with van der Waals surface area (Å²) in [4.78, 5) is 9.57. The molecule has 0 radical (unpaired) electrons. The second-order valence-corrected chi connectivity index (χ2v) is 0.811. The standard InChI is InChI=1S/C3H5NO2.ClH.H2O/c1-2(5)3(4)6;;/h5H,1H2,(H2,4,6);1H;1H2. The van der Waals surface area contributed by atoms with Crippen LogP contribution in [0.2, 0.25) is 0 Å². The molecule has 0 saturated carbocycles. The van der Waals surface area contributed by atoms with Gasteiger partial charge in [0.2, 0.25) is 0 Å². The van der Waals surface area contributed by atoms with Crippen molar-refractivity contribution in [3.63, 3.8) is 0 Å². The van der Waals surface area contributed by atoms with Crippen molar-refractivity contribution >= 4 is 18.3 Å². The van der Waals surface area contributed by atoms with Gasteiger partial charge in [0.15, 0.2) is 5.76 Å². The van der Waals surface area contributed by atoms with Gasteiger partial charge in [0.25, 0.3) is 5.91 Å². The van der Waals surface area contributed by atoms with E-state index < -0.39 is 11.7 Å². The number of aliphatic hydroxyl groups excluding tert-OH is 1. The lowest BCUT2D eigenvalue weighted by molar-refractivity contribution is -0.116. The highest BCUT2D eigenvalue weighted by Gasteiger charge is 1.90. The second-order valence-electron chi connectivity index (χ2n) is 0.811. The molecule has 50 valence electrons. The molecule has 0 atom stereocenters. The molecule has 4 nitrogen and oxygen atoms in total. The van der Waals surface area contributed by atoms with Crippen LogP contribution in [0.1, 0.15) is 0 Å². The molecular weight excluding hydrogens is 133 g/mol. The van der Waals surface area contributed by atoms with Crippen molar-refractivity contribution in [2.45, 2.75) is 0 Å². The van der Waals surface area contributed by atoms with Crippen LogP contribution in [0.3, 0.4) is 0 Å². The number of nitrogens with two attached hydrogens (primary N) is 1. The van der Waals surface area contributed by atoms with Gasteiger partial charge in [-0.25, -0.2) is 0 Å². The summed E-state index contributed by atoms with van der Waals surface area (Å²) >= 11 is 0. The first kappa shape index (κ1) is 15.7. The summed E-state index contributed by atoms with van der Waals surface area (Å²) in [5, 5.41) is 7.96. The maximum absolute atomic E-state index is 9.57. The Labute approximate surface area is 52.7 Å². The Hall–Kier alpha value is -0.740. The lowest BCUT2D eigenvalue weighted by Gasteiger charge is -1.81. The molecule has 0 aliphatic heterocycles. The smallest absolute Gasteiger partial charge is 0.282 e. The molecule has 8 heavy (non-hydrogen) atoms. The van der Waals surface area contributed by atoms with Gasteiger partial charge in [0.1, 0.15) is 0 Å². The van der Waals surface area contributed by atoms with Crippen LogP contribution in [-0.2, 0) is 4.79 Å². The van der Waals surface area contributed by atoms with E-state index in [0.717, 1.165) is 0 Å². The molecule has 0 bridgehead atoms. The van der Waals surface area contributed by atoms with Crippen molar-refractivity contribution in [2.75, 3.05) is 0 Å². The van der Waals surface area contributed by atoms with Crippen LogP contribution < -0.4 is 5.73 Å². The maximum atomic E-state index is 9.57. The van der Waals surface area contributed by atoms with Gasteiger partial charge in [0.05, 0.1) is 0 Å². The van der Waals surface area contributed by atoms with Crippen LogP contribution >= 0.6 is 12.4 Å². The molecular formula is C3H8ClNO3. The van der Waals surface area contributed by atoms with Gasteiger partial charge in [-0.1, -0.05) is 6.58 Å². The largest absolute Gasteiger partial charge is 0.503 e. The summed E-state index contributed by atoms with van der Waals surface area (Å²) in [5.74, 6) is -1.48. The van der Waals surface area contributed by atoms with E-state index in [1.54, 1.807) is 0 Å². The predicted octanol–water partition coefficient (Wildman–Crippen LogP) is -0.859. The van der Waals surface area contributed by atoms with E-state index in [4.69, 9.17) is 5.11 Å². The fourth-order valence-corrected chi connectivity index (χ4v) is 0. The number of halogens is 1. The van der Waals surface area contributed by atoms with E-state index in [2.05, 4.69) is 12.3 Å². The van der Waals surface area contributed by atoms with Crippen LogP contribution in [0.5, 0.6) is 0 Å². The minimum absolute atomic E-state index is 0. The molecule has 0 aromatic heterocycles. The third-order valence-corrected chi connectivity index (χ3v) is 0.284. The minimum Gasteiger partial charge on any atom is -0.503 e. The Balaban J connectivity index is -0.000000125. The highest BCUT2D eigenvalue weighted by Crippen LogP contribution is 1.71. The van der Waals surface area contributed by atoms with E-state index >= 15 is 0 Å². The molecule has 5 N–H and O–H groups in total. The number of rotatable bonds is 1. The quantitative estimate of drug-likeness (QED) is 0.367. The van der Waals surface area contributed by atoms with E-state index in [0.29, 0.717) is 0 Å². The van der Waals surface area contributed by atoms with Gasteiger partial charge in [-0.15, -0.1) is 12.4 Å². The van der Waals surface area contributed by atoms with Crippen molar-refractivity contribution in [1.82, 2.24) is 0 Å². The van der Waals surface area contributed by atoms with Crippen LogP contribution in [0.25, 0.3) is 0 Å². The lowest BCUT2D eigenvalue weighted by Crippen LogP contribution is -2.11. The highest BCUT2D eigenvalue weighted by atomic mass is 35.5. The first-order valence-electron chi connectivity index (χ1n) is 1.32. The third kappa shape index (κ3) is 8.98. The Morgan fingerprint density at radius 1 is 1.62 bits per heavy atom. The first-order chi connectivity index (χ1) is 2.64. The summed E-state index contributed by atoms with van der Waals surface area (Å²) in [5.41, 5.74) is 4.45. The van der Waals surface area contributed by atoms with Crippen LogP contribution in [0, 0.1) is 0 Å². The number of hydrogen-bond acceptors (Lipinski definition) is 2. The SMILES string of the molecule is C=C(O)C(N)=O.Cl.O. The fourth-order valence-electron chi connectivity index (χ4n) is 0. The van der Waals surface area contributed by atoms with E-state index in [-0.39, 0.29) is 17.9 Å². The van der Waals surface area contributed by atoms with Gasteiger partial charge in [0, 0.05) is 0 Å². The number of carbonyl (C=O) groups excluding carboxylic acids is 1. The van der Waals surface area contributed by atoms with Gasteiger partial charge in [-0.2, -0.15) is 0 Å². The minimum atomic E-state index is -0.880. The number of carbonyl (C=O) groups is 1. The molecule has 5 heteroatoms. The molecule has 0 saturated heterocycles. The molecule has 0 aromatic carbocycles. The van der Waals surface area contributed by atoms with Crippen molar-refractivity contribution in [3.05, 3.63) is 12.3 Å². The van der Waals surface area contributed by atoms with Gasteiger partial charge < -0.3 is 16.3 Å². The van der Waals surface area contributed by atoms with Gasteiger partial charge in [-0.05, 0) is 0 Å². The molecule has 1 amide bonds. The fraction of sp³-hybridized carbons (Fsp3) is 0. The first-order valence-corrected chi connectivity index (χ1v) is 1.32. The number of hydrogen-bond donors (Lipinski definition) is 2. The molecule has 0 unspecified atom stereocenters. The lowest BCUT2D eigenvalue weighted by atomic mass is 10.6. The summed E-state index contributed by atoms with van der Waals surface area (Å²) in [6.07, 6.45) is 0. The van der Waals surface area contributed by atoms with E-state index in [9.17, 15) is 4.79 Å². The summed E-state index contributed by atoms with van der Waals surface area (Å²) in [7, 11) is 0. The number of amides is 1. The van der Waals surface area contributed by atoms with Gasteiger partial charge in [-0.3, -0.25) is 4.79 Å². The second kappa shape index (κ2) is 6.26. The zero-order valence-corrected chi connectivity index (χ0v) is 4.86. The third-order valence-electron chi connectivity index (χ3n) is 0.284. The zero-order valence-electron chi connectivity index (χ0n) is 4.05. The topological polar surface area (TPSA) is 94.8 Å². The van der Waals surface area contributed by atoms with Crippen LogP contribution in [0.4, 0.5) is 0 Å². The zero-order chi connectivity index (χ0) is 5.15. The normalized spacial score (nSPS) is 5.50. The summed E-state index contributed by atoms with van der Waals surface area (Å²) in [6.45, 7) is 2.84. The molecule has 0 rings (SSSR count). The van der Waals surface area contributed by atoms with Crippen molar-refractivity contribution in [3.8, 4) is 0 Å². The van der Waals surface area contributed by atoms with Crippen molar-refractivity contribution in [1.29, 1.82) is 0 Å². The Kier molecular flexibility index (Phi) is 12.3. The maximum Gasteiger partial charge on any atom is 0.282 e. The van der Waals surface area contributed by atoms with Crippen molar-refractivity contribution in [2.24, 2.45) is 5.73 Å². The number of aliphatic hydroxyl groups is 1. The van der Waals surface area contributed by atoms with E-state index in [1.807, 2.05) is 0 Å². The van der Waals surface area contributed by atoms with Gasteiger partial charge >= 0.3 is 0 Å². The molecule has 0 spiro atoms. The summed E-state index contributed by atoms with van der Waals surface area (Å²) < 4.78 is 0. The molecule has 0 aliphatic carbocycles. The predicted molar refractivity (Wildman–Crippen MR) is 31.8 cm³/mol. The molecule has 0 aromatic rings. The van der Waals surface area contributed by atoms with Crippen molar-refractivity contribution < 1.29 is 15.4 Å². The Morgan fingerprint density at radius 3 is 1.75 bits per heavy atom. The van der Waals surface area contributed by atoms with Crippen LogP contribution in [-0.4, -0.2) is 16.5 Å². The molecule has 0 heterocycles. The number of primary amides is 1. The molecule has 0 aliphatic rings. The Bertz CT molecular complexity index is 80.5. The summed E-state index contributed by atoms with van der Waals surface area (Å²) in [6, 6.07) is 0. The average molecular weight is 142 g/mol. The average Bonchev–Trinajstić information content (AvgIpc) is 1.36. The van der Waals surface area contributed by atoms with Crippen LogP contribution in [0.15, 0.2) is 12.3 Å². The monoisotopic (exact) mass is 141 g/mol.